The lowest BCUT2D eigenvalue weighted by atomic mass is 10.2. The number of sulfonamides is 1. The van der Waals surface area contributed by atoms with Crippen molar-refractivity contribution in [2.75, 3.05) is 4.72 Å². The number of alkyl halides is 3. The normalized spacial score (nSPS) is 12.2. The van der Waals surface area contributed by atoms with Crippen LogP contribution in [0.4, 0.5) is 18.9 Å². The molecule has 3 aromatic rings. The molecule has 27 heavy (non-hydrogen) atoms. The highest BCUT2D eigenvalue weighted by molar-refractivity contribution is 7.92. The van der Waals surface area contributed by atoms with E-state index in [0.717, 1.165) is 12.1 Å². The van der Waals surface area contributed by atoms with E-state index in [1.807, 2.05) is 0 Å². The van der Waals surface area contributed by atoms with Gasteiger partial charge in [0.15, 0.2) is 0 Å². The fourth-order valence-corrected chi connectivity index (χ4v) is 3.86. The highest BCUT2D eigenvalue weighted by Crippen LogP contribution is 2.34. The maximum atomic E-state index is 12.9. The fourth-order valence-electron chi connectivity index (χ4n) is 2.40. The Labute approximate surface area is 158 Å². The van der Waals surface area contributed by atoms with E-state index >= 15 is 0 Å². The minimum atomic E-state index is -4.63. The average molecular weight is 416 g/mol. The monoisotopic (exact) mass is 415 g/mol. The van der Waals surface area contributed by atoms with Gasteiger partial charge in [0.1, 0.15) is 4.90 Å². The van der Waals surface area contributed by atoms with Gasteiger partial charge in [0, 0.05) is 0 Å². The molecule has 2 aromatic carbocycles. The van der Waals surface area contributed by atoms with E-state index in [4.69, 9.17) is 11.6 Å². The van der Waals surface area contributed by atoms with Gasteiger partial charge in [0.05, 0.1) is 33.9 Å². The predicted molar refractivity (Wildman–Crippen MR) is 95.6 cm³/mol. The van der Waals surface area contributed by atoms with Gasteiger partial charge in [0.25, 0.3) is 10.0 Å². The van der Waals surface area contributed by atoms with Gasteiger partial charge in [-0.15, -0.1) is 0 Å². The number of aryl methyl sites for hydroxylation is 1. The molecule has 0 aliphatic carbocycles. The summed E-state index contributed by atoms with van der Waals surface area (Å²) >= 11 is 5.87. The number of hydrogen-bond acceptors (Lipinski definition) is 3. The van der Waals surface area contributed by atoms with Gasteiger partial charge in [-0.1, -0.05) is 29.8 Å². The van der Waals surface area contributed by atoms with Crippen LogP contribution in [-0.4, -0.2) is 18.2 Å². The zero-order valence-corrected chi connectivity index (χ0v) is 15.4. The number of rotatable bonds is 4. The van der Waals surface area contributed by atoms with Crippen molar-refractivity contribution >= 4 is 27.3 Å². The first-order chi connectivity index (χ1) is 12.6. The Hall–Kier alpha value is -2.52. The fraction of sp³-hybridized carbons (Fsp3) is 0.118. The minimum absolute atomic E-state index is 0.153. The molecule has 3 rings (SSSR count). The van der Waals surface area contributed by atoms with Crippen molar-refractivity contribution in [3.63, 3.8) is 0 Å². The molecular formula is C17H13ClF3N3O2S. The minimum Gasteiger partial charge on any atom is -0.278 e. The summed E-state index contributed by atoms with van der Waals surface area (Å²) in [6.07, 6.45) is -3.34. The van der Waals surface area contributed by atoms with Crippen molar-refractivity contribution in [3.05, 3.63) is 71.0 Å². The third-order valence-electron chi connectivity index (χ3n) is 3.70. The molecule has 0 spiro atoms. The van der Waals surface area contributed by atoms with Crippen molar-refractivity contribution in [3.8, 4) is 5.69 Å². The van der Waals surface area contributed by atoms with E-state index in [2.05, 4.69) is 9.82 Å². The quantitative estimate of drug-likeness (QED) is 0.674. The molecule has 0 saturated heterocycles. The molecule has 0 fully saturated rings. The Morgan fingerprint density at radius 2 is 1.78 bits per heavy atom. The Morgan fingerprint density at radius 1 is 1.11 bits per heavy atom. The zero-order chi connectivity index (χ0) is 19.8. The smallest absolute Gasteiger partial charge is 0.278 e. The number of halogens is 4. The number of para-hydroxylation sites is 1. The van der Waals surface area contributed by atoms with Gasteiger partial charge >= 0.3 is 6.18 Å². The first kappa shape index (κ1) is 19.2. The molecule has 0 aliphatic heterocycles. The van der Waals surface area contributed by atoms with Gasteiger partial charge in [-0.05, 0) is 37.3 Å². The summed E-state index contributed by atoms with van der Waals surface area (Å²) < 4.78 is 67.5. The standard InChI is InChI=1S/C17H13ClF3N3O2S/c1-11-16(10-24(22-11)13-5-3-2-4-6-13)27(25,26)23-15-9-12(17(19,20)21)7-8-14(15)18/h2-10,23H,1H3. The maximum Gasteiger partial charge on any atom is 0.416 e. The second kappa shape index (κ2) is 6.90. The summed E-state index contributed by atoms with van der Waals surface area (Å²) in [4.78, 5) is -0.167. The molecule has 10 heteroatoms. The van der Waals surface area contributed by atoms with Crippen molar-refractivity contribution < 1.29 is 21.6 Å². The highest BCUT2D eigenvalue weighted by Gasteiger charge is 2.31. The molecule has 0 aliphatic rings. The van der Waals surface area contributed by atoms with Crippen LogP contribution < -0.4 is 4.72 Å². The predicted octanol–water partition coefficient (Wildman–Crippen LogP) is 4.65. The Balaban J connectivity index is 1.98. The van der Waals surface area contributed by atoms with Crippen LogP contribution in [0.1, 0.15) is 11.3 Å². The first-order valence-corrected chi connectivity index (χ1v) is 9.45. The summed E-state index contributed by atoms with van der Waals surface area (Å²) in [7, 11) is -4.20. The Bertz CT molecular complexity index is 1080. The summed E-state index contributed by atoms with van der Waals surface area (Å²) in [6, 6.07) is 11.2. The molecule has 0 amide bonds. The second-order valence-electron chi connectivity index (χ2n) is 5.66. The van der Waals surface area contributed by atoms with E-state index in [1.54, 1.807) is 30.3 Å². The lowest BCUT2D eigenvalue weighted by Gasteiger charge is -2.12. The molecule has 1 heterocycles. The van der Waals surface area contributed by atoms with E-state index in [9.17, 15) is 21.6 Å². The van der Waals surface area contributed by atoms with Crippen LogP contribution in [0.15, 0.2) is 59.6 Å². The van der Waals surface area contributed by atoms with Crippen LogP contribution in [0.5, 0.6) is 0 Å². The van der Waals surface area contributed by atoms with Gasteiger partial charge < -0.3 is 0 Å². The van der Waals surface area contributed by atoms with E-state index in [1.165, 1.54) is 17.8 Å². The van der Waals surface area contributed by atoms with E-state index in [0.29, 0.717) is 11.8 Å². The van der Waals surface area contributed by atoms with E-state index < -0.39 is 21.8 Å². The summed E-state index contributed by atoms with van der Waals surface area (Å²) in [5, 5.41) is 4.00. The van der Waals surface area contributed by atoms with Crippen molar-refractivity contribution in [1.29, 1.82) is 0 Å². The first-order valence-electron chi connectivity index (χ1n) is 7.59. The number of nitrogens with one attached hydrogen (secondary N) is 1. The third-order valence-corrected chi connectivity index (χ3v) is 5.50. The number of hydrogen-bond donors (Lipinski definition) is 1. The highest BCUT2D eigenvalue weighted by atomic mass is 35.5. The molecular weight excluding hydrogens is 403 g/mol. The molecule has 5 nitrogen and oxygen atoms in total. The largest absolute Gasteiger partial charge is 0.416 e. The van der Waals surface area contributed by atoms with Gasteiger partial charge in [0.2, 0.25) is 0 Å². The van der Waals surface area contributed by atoms with Crippen molar-refractivity contribution in [1.82, 2.24) is 9.78 Å². The van der Waals surface area contributed by atoms with Gasteiger partial charge in [-0.2, -0.15) is 18.3 Å². The molecule has 0 saturated carbocycles. The number of nitrogens with zero attached hydrogens (tertiary/aromatic N) is 2. The number of aromatic nitrogens is 2. The number of anilines is 1. The van der Waals surface area contributed by atoms with Gasteiger partial charge in [-0.3, -0.25) is 4.72 Å². The topological polar surface area (TPSA) is 64.0 Å². The Kier molecular flexibility index (Phi) is 4.92. The Morgan fingerprint density at radius 3 is 2.41 bits per heavy atom. The van der Waals surface area contributed by atoms with Gasteiger partial charge in [-0.25, -0.2) is 13.1 Å². The molecule has 0 atom stereocenters. The van der Waals surface area contributed by atoms with Crippen LogP contribution in [0.25, 0.3) is 5.69 Å². The SMILES string of the molecule is Cc1nn(-c2ccccc2)cc1S(=O)(=O)Nc1cc(C(F)(F)F)ccc1Cl. The lowest BCUT2D eigenvalue weighted by molar-refractivity contribution is -0.137. The second-order valence-corrected chi connectivity index (χ2v) is 7.71. The molecule has 0 unspecified atom stereocenters. The number of benzene rings is 2. The summed E-state index contributed by atoms with van der Waals surface area (Å²) in [5.41, 5.74) is -0.548. The summed E-state index contributed by atoms with van der Waals surface area (Å²) in [5.74, 6) is 0. The average Bonchev–Trinajstić information content (AvgIpc) is 2.99. The van der Waals surface area contributed by atoms with Crippen molar-refractivity contribution in [2.45, 2.75) is 18.0 Å². The zero-order valence-electron chi connectivity index (χ0n) is 13.8. The lowest BCUT2D eigenvalue weighted by Crippen LogP contribution is -2.15. The summed E-state index contributed by atoms with van der Waals surface area (Å²) in [6.45, 7) is 1.49. The molecule has 1 N–H and O–H groups in total. The molecule has 1 aromatic heterocycles. The van der Waals surface area contributed by atoms with E-state index in [-0.39, 0.29) is 21.3 Å². The molecule has 142 valence electrons. The van der Waals surface area contributed by atoms with Crippen LogP contribution in [-0.2, 0) is 16.2 Å². The third kappa shape index (κ3) is 4.09. The van der Waals surface area contributed by atoms with Crippen LogP contribution in [0, 0.1) is 6.92 Å². The van der Waals surface area contributed by atoms with Crippen molar-refractivity contribution in [2.24, 2.45) is 0 Å². The van der Waals surface area contributed by atoms with Crippen LogP contribution in [0.3, 0.4) is 0 Å². The molecule has 0 bridgehead atoms. The maximum absolute atomic E-state index is 12.9. The van der Waals surface area contributed by atoms with Crippen LogP contribution >= 0.6 is 11.6 Å². The van der Waals surface area contributed by atoms with Crippen LogP contribution in [0.2, 0.25) is 5.02 Å². The molecule has 0 radical (unpaired) electrons.